The van der Waals surface area contributed by atoms with Crippen molar-refractivity contribution in [2.45, 2.75) is 50.2 Å². The number of hydrogen-bond acceptors (Lipinski definition) is 8. The van der Waals surface area contributed by atoms with Gasteiger partial charge in [-0.1, -0.05) is 37.7 Å². The molecule has 2 aromatic rings. The Labute approximate surface area is 209 Å². The molecule has 0 radical (unpaired) electrons. The maximum Gasteiger partial charge on any atom is 0.302 e. The van der Waals surface area contributed by atoms with Gasteiger partial charge in [-0.05, 0) is 25.3 Å². The van der Waals surface area contributed by atoms with Crippen LogP contribution in [0.1, 0.15) is 32.8 Å². The van der Waals surface area contributed by atoms with E-state index in [4.69, 9.17) is 0 Å². The molecule has 0 unspecified atom stereocenters. The highest BCUT2D eigenvalue weighted by Crippen LogP contribution is 2.26. The van der Waals surface area contributed by atoms with Crippen molar-refractivity contribution in [3.8, 4) is 0 Å². The highest BCUT2D eigenvalue weighted by molar-refractivity contribution is 7.98. The molecular formula is C22H32F2N6O3S2. The van der Waals surface area contributed by atoms with E-state index < -0.39 is 21.8 Å². The van der Waals surface area contributed by atoms with Crippen LogP contribution in [0.4, 0.5) is 20.4 Å². The van der Waals surface area contributed by atoms with Crippen LogP contribution in [0.5, 0.6) is 0 Å². The van der Waals surface area contributed by atoms with Gasteiger partial charge in [0.05, 0.1) is 12.6 Å². The van der Waals surface area contributed by atoms with Gasteiger partial charge in [0.2, 0.25) is 0 Å². The van der Waals surface area contributed by atoms with E-state index in [2.05, 4.69) is 25.3 Å². The largest absolute Gasteiger partial charge is 0.394 e. The van der Waals surface area contributed by atoms with Crippen LogP contribution in [0, 0.1) is 17.6 Å². The molecule has 35 heavy (non-hydrogen) atoms. The fourth-order valence-corrected chi connectivity index (χ4v) is 5.77. The molecule has 13 heteroatoms. The SMILES string of the molecule is CC(C)C[C@H](CO)Nc1cc(NS(=O)(=O)N2CCN[C@@H](C)C2)nc(SCc2cccc(F)c2F)n1. The van der Waals surface area contributed by atoms with E-state index in [1.165, 1.54) is 22.5 Å². The molecule has 2 heterocycles. The number of hydrogen-bond donors (Lipinski definition) is 4. The number of thioether (sulfide) groups is 1. The van der Waals surface area contributed by atoms with Crippen LogP contribution in [0.3, 0.4) is 0 Å². The van der Waals surface area contributed by atoms with E-state index in [0.717, 1.165) is 17.8 Å². The molecule has 0 bridgehead atoms. The van der Waals surface area contributed by atoms with E-state index in [1.54, 1.807) is 0 Å². The summed E-state index contributed by atoms with van der Waals surface area (Å²) in [5.74, 6) is -1.19. The molecular weight excluding hydrogens is 498 g/mol. The highest BCUT2D eigenvalue weighted by atomic mass is 32.2. The Balaban J connectivity index is 1.85. The summed E-state index contributed by atoms with van der Waals surface area (Å²) < 4.78 is 57.5. The van der Waals surface area contributed by atoms with Crippen molar-refractivity contribution in [3.63, 3.8) is 0 Å². The van der Waals surface area contributed by atoms with Crippen LogP contribution in [0.15, 0.2) is 29.4 Å². The van der Waals surface area contributed by atoms with Gasteiger partial charge >= 0.3 is 10.2 Å². The Morgan fingerprint density at radius 1 is 1.29 bits per heavy atom. The first-order valence-electron chi connectivity index (χ1n) is 11.4. The molecule has 4 N–H and O–H groups in total. The number of anilines is 2. The van der Waals surface area contributed by atoms with Gasteiger partial charge in [-0.25, -0.2) is 18.7 Å². The van der Waals surface area contributed by atoms with Gasteiger partial charge in [0, 0.05) is 43.1 Å². The molecule has 3 rings (SSSR count). The number of halogens is 2. The first-order chi connectivity index (χ1) is 16.6. The molecule has 1 aromatic heterocycles. The predicted octanol–water partition coefficient (Wildman–Crippen LogP) is 2.82. The Hall–Kier alpha value is -2.06. The summed E-state index contributed by atoms with van der Waals surface area (Å²) in [6.45, 7) is 6.97. The van der Waals surface area contributed by atoms with Gasteiger partial charge < -0.3 is 15.7 Å². The van der Waals surface area contributed by atoms with Crippen LogP contribution in [0.25, 0.3) is 0 Å². The molecule has 1 saturated heterocycles. The van der Waals surface area contributed by atoms with E-state index in [9.17, 15) is 22.3 Å². The molecule has 9 nitrogen and oxygen atoms in total. The Kier molecular flexibility index (Phi) is 9.64. The molecule has 1 aliphatic heterocycles. The van der Waals surface area contributed by atoms with Gasteiger partial charge in [0.1, 0.15) is 11.6 Å². The second-order valence-electron chi connectivity index (χ2n) is 8.90. The lowest BCUT2D eigenvalue weighted by Crippen LogP contribution is -2.52. The lowest BCUT2D eigenvalue weighted by molar-refractivity contribution is 0.259. The molecule has 194 valence electrons. The predicted molar refractivity (Wildman–Crippen MR) is 133 cm³/mol. The second kappa shape index (κ2) is 12.3. The Bertz CT molecular complexity index is 1110. The average molecular weight is 531 g/mol. The van der Waals surface area contributed by atoms with E-state index >= 15 is 0 Å². The number of nitrogens with one attached hydrogen (secondary N) is 3. The Morgan fingerprint density at radius 2 is 2.03 bits per heavy atom. The Morgan fingerprint density at radius 3 is 2.71 bits per heavy atom. The monoisotopic (exact) mass is 530 g/mol. The highest BCUT2D eigenvalue weighted by Gasteiger charge is 2.27. The van der Waals surface area contributed by atoms with Gasteiger partial charge in [-0.15, -0.1) is 0 Å². The topological polar surface area (TPSA) is 119 Å². The van der Waals surface area contributed by atoms with Crippen molar-refractivity contribution in [1.82, 2.24) is 19.6 Å². The van der Waals surface area contributed by atoms with Gasteiger partial charge in [0.25, 0.3) is 0 Å². The minimum Gasteiger partial charge on any atom is -0.394 e. The standard InChI is InChI=1S/C22H32F2N6O3S2/c1-14(2)9-17(12-31)26-19-10-20(29-35(32,33)30-8-7-25-15(3)11-30)28-22(27-19)34-13-16-5-4-6-18(23)21(16)24/h4-6,10,14-15,17,25,31H,7-9,11-13H2,1-3H3,(H2,26,27,28,29)/t15-,17+/m0/s1. The summed E-state index contributed by atoms with van der Waals surface area (Å²) in [7, 11) is -3.88. The summed E-state index contributed by atoms with van der Waals surface area (Å²) in [6.07, 6.45) is 0.664. The summed E-state index contributed by atoms with van der Waals surface area (Å²) in [5, 5.41) is 16.2. The third-order valence-corrected chi connectivity index (χ3v) is 7.70. The fourth-order valence-electron chi connectivity index (χ4n) is 3.69. The number of aromatic nitrogens is 2. The quantitative estimate of drug-likeness (QED) is 0.259. The van der Waals surface area contributed by atoms with Gasteiger partial charge in [-0.2, -0.15) is 12.7 Å². The van der Waals surface area contributed by atoms with E-state index in [-0.39, 0.29) is 41.0 Å². The number of nitrogens with zero attached hydrogens (tertiary/aromatic N) is 3. The minimum absolute atomic E-state index is 0.0107. The lowest BCUT2D eigenvalue weighted by atomic mass is 10.0. The average Bonchev–Trinajstić information content (AvgIpc) is 2.79. The van der Waals surface area contributed by atoms with Crippen LogP contribution < -0.4 is 15.4 Å². The molecule has 0 saturated carbocycles. The van der Waals surface area contributed by atoms with Gasteiger partial charge in [-0.3, -0.25) is 4.72 Å². The summed E-state index contributed by atoms with van der Waals surface area (Å²) >= 11 is 1.05. The van der Waals surface area contributed by atoms with Crippen molar-refractivity contribution in [1.29, 1.82) is 0 Å². The molecule has 1 fully saturated rings. The zero-order valence-corrected chi connectivity index (χ0v) is 21.6. The maximum atomic E-state index is 14.1. The van der Waals surface area contributed by atoms with E-state index in [0.29, 0.717) is 37.8 Å². The molecule has 1 aliphatic rings. The van der Waals surface area contributed by atoms with Crippen molar-refractivity contribution >= 4 is 33.6 Å². The number of aliphatic hydroxyl groups excluding tert-OH is 1. The van der Waals surface area contributed by atoms with Crippen molar-refractivity contribution in [2.24, 2.45) is 5.92 Å². The smallest absolute Gasteiger partial charge is 0.302 e. The molecule has 0 spiro atoms. The van der Waals surface area contributed by atoms with Gasteiger partial charge in [0.15, 0.2) is 16.8 Å². The molecule has 0 amide bonds. The number of rotatable bonds is 11. The molecule has 0 aliphatic carbocycles. The summed E-state index contributed by atoms with van der Waals surface area (Å²) in [4.78, 5) is 8.70. The first kappa shape index (κ1) is 27.5. The van der Waals surface area contributed by atoms with Crippen molar-refractivity contribution in [2.75, 3.05) is 36.3 Å². The third-order valence-electron chi connectivity index (χ3n) is 5.33. The minimum atomic E-state index is -3.88. The van der Waals surface area contributed by atoms with Crippen LogP contribution in [-0.2, 0) is 16.0 Å². The molecule has 1 aromatic carbocycles. The zero-order valence-electron chi connectivity index (χ0n) is 20.0. The summed E-state index contributed by atoms with van der Waals surface area (Å²) in [5.41, 5.74) is 0.141. The van der Waals surface area contributed by atoms with E-state index in [1.807, 2.05) is 20.8 Å². The van der Waals surface area contributed by atoms with Crippen molar-refractivity contribution < 1.29 is 22.3 Å². The van der Waals surface area contributed by atoms with Crippen molar-refractivity contribution in [3.05, 3.63) is 41.5 Å². The summed E-state index contributed by atoms with van der Waals surface area (Å²) in [6, 6.07) is 5.09. The van der Waals surface area contributed by atoms with Crippen LogP contribution in [0.2, 0.25) is 0 Å². The first-order valence-corrected chi connectivity index (χ1v) is 13.8. The second-order valence-corrected chi connectivity index (χ2v) is 11.5. The third kappa shape index (κ3) is 7.97. The number of piperazine rings is 1. The lowest BCUT2D eigenvalue weighted by Gasteiger charge is -2.31. The fraction of sp³-hybridized carbons (Fsp3) is 0.545. The number of aliphatic hydroxyl groups is 1. The van der Waals surface area contributed by atoms with Crippen LogP contribution in [-0.4, -0.2) is 66.1 Å². The maximum absolute atomic E-state index is 14.1. The van der Waals surface area contributed by atoms with Crippen LogP contribution >= 0.6 is 11.8 Å². The normalized spacial score (nSPS) is 18.0. The number of benzene rings is 1. The molecule has 2 atom stereocenters. The zero-order chi connectivity index (χ0) is 25.6.